The number of esters is 2. The average Bonchev–Trinajstić information content (AvgIpc) is 2.80. The van der Waals surface area contributed by atoms with Crippen LogP contribution in [-0.2, 0) is 23.9 Å². The Morgan fingerprint density at radius 1 is 0.882 bits per heavy atom. The molecule has 0 aliphatic rings. The van der Waals surface area contributed by atoms with Gasteiger partial charge in [-0.15, -0.1) is 0 Å². The number of aliphatic hydroxyl groups excluding tert-OH is 7. The molecule has 14 nitrogen and oxygen atoms in total. The Bertz CT molecular complexity index is 736. The highest BCUT2D eigenvalue weighted by molar-refractivity contribution is 5.91. The standard InChI is InChI=1S/C20H32O14/c1-10(2)18(30)33-5-6-34-19(31)16(15(11(24)7-21)12(25)8-22)17(29)20(32,13(26)9-23)4-3-14(27)28/h11-13,17,21-26,29,32H,1,3-9H2,2H3,(H,27,28). The molecule has 0 aliphatic carbocycles. The van der Waals surface area contributed by atoms with E-state index in [1.165, 1.54) is 6.92 Å². The van der Waals surface area contributed by atoms with E-state index >= 15 is 0 Å². The molecule has 0 saturated carbocycles. The molecule has 196 valence electrons. The van der Waals surface area contributed by atoms with Crippen LogP contribution in [0.25, 0.3) is 0 Å². The van der Waals surface area contributed by atoms with E-state index in [9.17, 15) is 55.2 Å². The fourth-order valence-electron chi connectivity index (χ4n) is 2.84. The fraction of sp³-hybridized carbons (Fsp3) is 0.650. The summed E-state index contributed by atoms with van der Waals surface area (Å²) in [5, 5.41) is 88.8. The Hall–Kier alpha value is -2.43. The number of hydrogen-bond acceptors (Lipinski definition) is 13. The molecule has 0 amide bonds. The summed E-state index contributed by atoms with van der Waals surface area (Å²) >= 11 is 0. The number of ether oxygens (including phenoxy) is 2. The second kappa shape index (κ2) is 14.7. The number of carboxylic acids is 1. The number of carboxylic acid groups (broad SMARTS) is 1. The van der Waals surface area contributed by atoms with Gasteiger partial charge in [0.1, 0.15) is 43.2 Å². The van der Waals surface area contributed by atoms with Crippen LogP contribution in [0.2, 0.25) is 0 Å². The summed E-state index contributed by atoms with van der Waals surface area (Å²) in [6, 6.07) is 0. The highest BCUT2D eigenvalue weighted by Gasteiger charge is 2.48. The monoisotopic (exact) mass is 496 g/mol. The fourth-order valence-corrected chi connectivity index (χ4v) is 2.84. The van der Waals surface area contributed by atoms with Crippen LogP contribution in [0.1, 0.15) is 19.8 Å². The molecule has 0 aliphatic heterocycles. The van der Waals surface area contributed by atoms with E-state index in [1.807, 2.05) is 0 Å². The van der Waals surface area contributed by atoms with Crippen molar-refractivity contribution in [2.45, 2.75) is 49.8 Å². The van der Waals surface area contributed by atoms with Gasteiger partial charge in [-0.3, -0.25) is 4.79 Å². The number of carbonyl (C=O) groups is 3. The Kier molecular flexibility index (Phi) is 13.7. The van der Waals surface area contributed by atoms with E-state index in [4.69, 9.17) is 14.6 Å². The first-order valence-corrected chi connectivity index (χ1v) is 10.0. The largest absolute Gasteiger partial charge is 0.481 e. The van der Waals surface area contributed by atoms with Crippen molar-refractivity contribution in [2.24, 2.45) is 0 Å². The van der Waals surface area contributed by atoms with Crippen molar-refractivity contribution in [3.8, 4) is 0 Å². The molecule has 5 atom stereocenters. The van der Waals surface area contributed by atoms with Gasteiger partial charge in [0.15, 0.2) is 0 Å². The van der Waals surface area contributed by atoms with E-state index in [2.05, 4.69) is 6.58 Å². The zero-order valence-electron chi connectivity index (χ0n) is 18.5. The highest BCUT2D eigenvalue weighted by Crippen LogP contribution is 2.31. The molecule has 0 rings (SSSR count). The Labute approximate surface area is 194 Å². The lowest BCUT2D eigenvalue weighted by Crippen LogP contribution is -2.56. The van der Waals surface area contributed by atoms with Crippen molar-refractivity contribution < 1.29 is 69.8 Å². The minimum Gasteiger partial charge on any atom is -0.481 e. The smallest absolute Gasteiger partial charge is 0.337 e. The lowest BCUT2D eigenvalue weighted by atomic mass is 9.79. The first-order valence-electron chi connectivity index (χ1n) is 10.0. The molecule has 0 aromatic rings. The number of aliphatic carboxylic acids is 1. The molecule has 14 heteroatoms. The van der Waals surface area contributed by atoms with E-state index in [-0.39, 0.29) is 5.57 Å². The van der Waals surface area contributed by atoms with Gasteiger partial charge in [0, 0.05) is 17.6 Å². The molecule has 34 heavy (non-hydrogen) atoms. The summed E-state index contributed by atoms with van der Waals surface area (Å²) in [5.74, 6) is -3.84. The number of aliphatic hydroxyl groups is 8. The maximum absolute atomic E-state index is 12.8. The average molecular weight is 496 g/mol. The van der Waals surface area contributed by atoms with Crippen molar-refractivity contribution in [3.05, 3.63) is 23.3 Å². The molecule has 5 unspecified atom stereocenters. The summed E-state index contributed by atoms with van der Waals surface area (Å²) in [6.45, 7) is 0.0909. The highest BCUT2D eigenvalue weighted by atomic mass is 16.6. The van der Waals surface area contributed by atoms with Crippen LogP contribution >= 0.6 is 0 Å². The first kappa shape index (κ1) is 31.6. The van der Waals surface area contributed by atoms with Gasteiger partial charge >= 0.3 is 17.9 Å². The van der Waals surface area contributed by atoms with Gasteiger partial charge in [0.05, 0.1) is 25.4 Å². The van der Waals surface area contributed by atoms with Crippen LogP contribution in [-0.4, -0.2) is 127 Å². The minimum atomic E-state index is -2.93. The molecular formula is C20H32O14. The molecule has 0 fully saturated rings. The second-order valence-corrected chi connectivity index (χ2v) is 7.30. The Balaban J connectivity index is 6.38. The quantitative estimate of drug-likeness (QED) is 0.0560. The van der Waals surface area contributed by atoms with Crippen molar-refractivity contribution in [3.63, 3.8) is 0 Å². The van der Waals surface area contributed by atoms with Crippen LogP contribution in [0, 0.1) is 0 Å². The van der Waals surface area contributed by atoms with Gasteiger partial charge < -0.3 is 55.4 Å². The summed E-state index contributed by atoms with van der Waals surface area (Å²) < 4.78 is 9.56. The van der Waals surface area contributed by atoms with Gasteiger partial charge in [-0.2, -0.15) is 0 Å². The van der Waals surface area contributed by atoms with E-state index < -0.39 is 105 Å². The molecule has 0 spiro atoms. The lowest BCUT2D eigenvalue weighted by molar-refractivity contribution is -0.166. The topological polar surface area (TPSA) is 252 Å². The molecule has 0 aromatic heterocycles. The third kappa shape index (κ3) is 8.73. The zero-order chi connectivity index (χ0) is 26.6. The number of rotatable bonds is 16. The first-order chi connectivity index (χ1) is 15.8. The molecule has 9 N–H and O–H groups in total. The minimum absolute atomic E-state index is 0.0447. The van der Waals surface area contributed by atoms with Crippen molar-refractivity contribution in [1.82, 2.24) is 0 Å². The van der Waals surface area contributed by atoms with Crippen molar-refractivity contribution >= 4 is 17.9 Å². The number of carbonyl (C=O) groups excluding carboxylic acids is 2. The molecule has 0 bridgehead atoms. The van der Waals surface area contributed by atoms with Gasteiger partial charge in [-0.05, 0) is 13.3 Å². The van der Waals surface area contributed by atoms with Crippen LogP contribution in [0.4, 0.5) is 0 Å². The van der Waals surface area contributed by atoms with Gasteiger partial charge in [0.2, 0.25) is 0 Å². The van der Waals surface area contributed by atoms with Gasteiger partial charge in [0.25, 0.3) is 0 Å². The second-order valence-electron chi connectivity index (χ2n) is 7.30. The summed E-state index contributed by atoms with van der Waals surface area (Å²) in [7, 11) is 0. The van der Waals surface area contributed by atoms with Gasteiger partial charge in [-0.25, -0.2) is 9.59 Å². The maximum atomic E-state index is 12.8. The third-order valence-corrected chi connectivity index (χ3v) is 4.73. The van der Waals surface area contributed by atoms with E-state index in [1.54, 1.807) is 0 Å². The molecule has 0 aromatic carbocycles. The Morgan fingerprint density at radius 2 is 1.35 bits per heavy atom. The summed E-state index contributed by atoms with van der Waals surface area (Å²) in [6.07, 6.45) is -10.8. The maximum Gasteiger partial charge on any atom is 0.337 e. The van der Waals surface area contributed by atoms with Crippen LogP contribution < -0.4 is 0 Å². The Morgan fingerprint density at radius 3 is 1.74 bits per heavy atom. The third-order valence-electron chi connectivity index (χ3n) is 4.73. The zero-order valence-corrected chi connectivity index (χ0v) is 18.5. The van der Waals surface area contributed by atoms with Crippen molar-refractivity contribution in [1.29, 1.82) is 0 Å². The van der Waals surface area contributed by atoms with Crippen LogP contribution in [0.3, 0.4) is 0 Å². The molecule has 0 radical (unpaired) electrons. The summed E-state index contributed by atoms with van der Waals surface area (Å²) in [5.41, 5.74) is -4.91. The molecular weight excluding hydrogens is 464 g/mol. The summed E-state index contributed by atoms with van der Waals surface area (Å²) in [4.78, 5) is 35.2. The molecule has 0 saturated heterocycles. The predicted octanol–water partition coefficient (Wildman–Crippen LogP) is -4.04. The van der Waals surface area contributed by atoms with Gasteiger partial charge in [-0.1, -0.05) is 6.58 Å². The predicted molar refractivity (Wildman–Crippen MR) is 111 cm³/mol. The van der Waals surface area contributed by atoms with Crippen molar-refractivity contribution in [2.75, 3.05) is 33.0 Å². The van der Waals surface area contributed by atoms with E-state index in [0.717, 1.165) is 0 Å². The number of hydrogen-bond donors (Lipinski definition) is 9. The van der Waals surface area contributed by atoms with Crippen LogP contribution in [0.15, 0.2) is 23.3 Å². The molecule has 0 heterocycles. The normalized spacial score (nSPS) is 16.4. The van der Waals surface area contributed by atoms with Crippen LogP contribution in [0.5, 0.6) is 0 Å². The van der Waals surface area contributed by atoms with E-state index in [0.29, 0.717) is 0 Å². The lowest BCUT2D eigenvalue weighted by Gasteiger charge is -2.38. The SMILES string of the molecule is C=C(C)C(=O)OCCOC(=O)C(=C(C(O)CO)C(O)CO)C(O)C(O)(CCC(=O)O)C(O)CO.